The molecule has 1 amide bonds. The van der Waals surface area contributed by atoms with E-state index in [2.05, 4.69) is 57.0 Å². The van der Waals surface area contributed by atoms with E-state index in [-0.39, 0.29) is 5.41 Å². The van der Waals surface area contributed by atoms with Gasteiger partial charge in [0.15, 0.2) is 5.69 Å². The quantitative estimate of drug-likeness (QED) is 0.758. The number of carbonyl (C=O) groups excluding carboxylic acids is 1. The minimum absolute atomic E-state index is 0.184. The maximum atomic E-state index is 11.9. The van der Waals surface area contributed by atoms with E-state index in [9.17, 15) is 4.79 Å². The van der Waals surface area contributed by atoms with Crippen LogP contribution in [-0.2, 0) is 11.8 Å². The fourth-order valence-electron chi connectivity index (χ4n) is 3.71. The van der Waals surface area contributed by atoms with Crippen LogP contribution in [0.1, 0.15) is 50.4 Å². The summed E-state index contributed by atoms with van der Waals surface area (Å²) in [6.07, 6.45) is 7.36. The average molecular weight is 367 g/mol. The standard InChI is InChI=1S/C19H17N3OS2/c20-18(23)17-13-7-8-19(15-3-1-9-24-15,16-4-2-10-25-16)11-14(13)22(21-17)12-5-6-12/h1-4,7-10,12H,5-6,11H2,(H2,20,23). The molecule has 25 heavy (non-hydrogen) atoms. The molecule has 0 unspecified atom stereocenters. The van der Waals surface area contributed by atoms with Gasteiger partial charge in [-0.15, -0.1) is 22.7 Å². The van der Waals surface area contributed by atoms with Crippen LogP contribution < -0.4 is 5.73 Å². The van der Waals surface area contributed by atoms with Crippen LogP contribution in [-0.4, -0.2) is 15.7 Å². The number of rotatable bonds is 4. The molecule has 126 valence electrons. The number of primary amides is 1. The molecule has 2 N–H and O–H groups in total. The summed E-state index contributed by atoms with van der Waals surface area (Å²) in [6, 6.07) is 9.02. The first kappa shape index (κ1) is 15.1. The molecule has 1 fully saturated rings. The lowest BCUT2D eigenvalue weighted by Crippen LogP contribution is -2.30. The van der Waals surface area contributed by atoms with E-state index in [1.807, 2.05) is 0 Å². The predicted molar refractivity (Wildman–Crippen MR) is 101 cm³/mol. The lowest BCUT2D eigenvalue weighted by Gasteiger charge is -2.32. The number of amides is 1. The summed E-state index contributed by atoms with van der Waals surface area (Å²) in [5.74, 6) is -0.444. The molecule has 0 bridgehead atoms. The van der Waals surface area contributed by atoms with E-state index >= 15 is 0 Å². The monoisotopic (exact) mass is 367 g/mol. The SMILES string of the molecule is NC(=O)c1nn(C2CC2)c2c1C=CC(c1cccs1)(c1cccs1)C2. The summed E-state index contributed by atoms with van der Waals surface area (Å²) in [6.45, 7) is 0. The number of thiophene rings is 2. The van der Waals surface area contributed by atoms with Gasteiger partial charge in [-0.05, 0) is 35.7 Å². The lowest BCUT2D eigenvalue weighted by molar-refractivity contribution is 0.0994. The molecule has 3 heterocycles. The molecule has 0 aliphatic heterocycles. The Morgan fingerprint density at radius 1 is 1.20 bits per heavy atom. The van der Waals surface area contributed by atoms with Gasteiger partial charge in [-0.3, -0.25) is 9.48 Å². The molecule has 3 aromatic rings. The zero-order valence-corrected chi connectivity index (χ0v) is 15.1. The Morgan fingerprint density at radius 2 is 1.88 bits per heavy atom. The van der Waals surface area contributed by atoms with Crippen molar-refractivity contribution in [2.45, 2.75) is 30.7 Å². The number of carbonyl (C=O) groups is 1. The van der Waals surface area contributed by atoms with E-state index in [1.54, 1.807) is 22.7 Å². The van der Waals surface area contributed by atoms with Crippen LogP contribution in [0.25, 0.3) is 6.08 Å². The summed E-state index contributed by atoms with van der Waals surface area (Å²) >= 11 is 3.56. The van der Waals surface area contributed by atoms with Crippen LogP contribution in [0.2, 0.25) is 0 Å². The Kier molecular flexibility index (Phi) is 3.27. The number of aromatic nitrogens is 2. The predicted octanol–water partition coefficient (Wildman–Crippen LogP) is 4.00. The van der Waals surface area contributed by atoms with Crippen LogP contribution in [0, 0.1) is 0 Å². The Labute approximate surface area is 153 Å². The van der Waals surface area contributed by atoms with Gasteiger partial charge in [0.1, 0.15) is 0 Å². The molecule has 6 heteroatoms. The number of hydrogen-bond donors (Lipinski definition) is 1. The van der Waals surface area contributed by atoms with Crippen LogP contribution in [0.3, 0.4) is 0 Å². The third-order valence-electron chi connectivity index (χ3n) is 5.08. The second kappa shape index (κ2) is 5.41. The lowest BCUT2D eigenvalue weighted by atomic mass is 9.75. The number of hydrogen-bond acceptors (Lipinski definition) is 4. The van der Waals surface area contributed by atoms with Crippen LogP contribution in [0.5, 0.6) is 0 Å². The Bertz CT molecular complexity index is 929. The van der Waals surface area contributed by atoms with Gasteiger partial charge in [0.25, 0.3) is 5.91 Å². The highest BCUT2D eigenvalue weighted by atomic mass is 32.1. The molecule has 0 aromatic carbocycles. The summed E-state index contributed by atoms with van der Waals surface area (Å²) in [4.78, 5) is 14.5. The Hall–Kier alpha value is -2.18. The van der Waals surface area contributed by atoms with Crippen molar-refractivity contribution in [2.24, 2.45) is 5.73 Å². The number of nitrogens with two attached hydrogens (primary N) is 1. The molecule has 5 rings (SSSR count). The van der Waals surface area contributed by atoms with Gasteiger partial charge in [-0.25, -0.2) is 0 Å². The van der Waals surface area contributed by atoms with E-state index in [0.29, 0.717) is 11.7 Å². The van der Waals surface area contributed by atoms with E-state index in [0.717, 1.165) is 30.5 Å². The highest BCUT2D eigenvalue weighted by Crippen LogP contribution is 2.47. The molecule has 0 spiro atoms. The largest absolute Gasteiger partial charge is 0.364 e. The van der Waals surface area contributed by atoms with Gasteiger partial charge in [0.2, 0.25) is 0 Å². The highest BCUT2D eigenvalue weighted by Gasteiger charge is 2.41. The van der Waals surface area contributed by atoms with E-state index in [4.69, 9.17) is 5.73 Å². The van der Waals surface area contributed by atoms with Crippen LogP contribution in [0.4, 0.5) is 0 Å². The fraction of sp³-hybridized carbons (Fsp3) is 0.263. The minimum atomic E-state index is -0.444. The maximum Gasteiger partial charge on any atom is 0.269 e. The number of fused-ring (bicyclic) bond motifs is 1. The summed E-state index contributed by atoms with van der Waals surface area (Å²) in [5.41, 5.74) is 7.85. The van der Waals surface area contributed by atoms with E-state index < -0.39 is 5.91 Å². The van der Waals surface area contributed by atoms with Gasteiger partial charge >= 0.3 is 0 Å². The first-order chi connectivity index (χ1) is 12.2. The average Bonchev–Trinajstić information content (AvgIpc) is 3.08. The topological polar surface area (TPSA) is 60.9 Å². The normalized spacial score (nSPS) is 18.2. The maximum absolute atomic E-state index is 11.9. The molecule has 3 aromatic heterocycles. The Morgan fingerprint density at radius 3 is 2.40 bits per heavy atom. The van der Waals surface area contributed by atoms with E-state index in [1.165, 1.54) is 9.75 Å². The second-order valence-corrected chi connectivity index (χ2v) is 8.58. The molecule has 1 saturated carbocycles. The first-order valence-electron chi connectivity index (χ1n) is 8.37. The van der Waals surface area contributed by atoms with Crippen molar-refractivity contribution in [1.82, 2.24) is 9.78 Å². The van der Waals surface area contributed by atoms with Gasteiger partial charge in [0, 0.05) is 27.4 Å². The molecule has 4 nitrogen and oxygen atoms in total. The molecule has 2 aliphatic carbocycles. The zero-order chi connectivity index (χ0) is 17.0. The van der Waals surface area contributed by atoms with Crippen molar-refractivity contribution in [2.75, 3.05) is 0 Å². The van der Waals surface area contributed by atoms with Gasteiger partial charge < -0.3 is 5.73 Å². The third kappa shape index (κ3) is 2.24. The van der Waals surface area contributed by atoms with Crippen molar-refractivity contribution in [3.63, 3.8) is 0 Å². The van der Waals surface area contributed by atoms with Crippen molar-refractivity contribution < 1.29 is 4.79 Å². The van der Waals surface area contributed by atoms with Crippen molar-refractivity contribution in [1.29, 1.82) is 0 Å². The van der Waals surface area contributed by atoms with Crippen LogP contribution >= 0.6 is 22.7 Å². The summed E-state index contributed by atoms with van der Waals surface area (Å²) in [5, 5.41) is 8.83. The van der Waals surface area contributed by atoms with Gasteiger partial charge in [-0.1, -0.05) is 24.3 Å². The molecule has 0 saturated heterocycles. The smallest absolute Gasteiger partial charge is 0.269 e. The first-order valence-corrected chi connectivity index (χ1v) is 10.1. The summed E-state index contributed by atoms with van der Waals surface area (Å²) in [7, 11) is 0. The minimum Gasteiger partial charge on any atom is -0.364 e. The van der Waals surface area contributed by atoms with Crippen molar-refractivity contribution in [3.8, 4) is 0 Å². The third-order valence-corrected chi connectivity index (χ3v) is 7.17. The van der Waals surface area contributed by atoms with Crippen LogP contribution in [0.15, 0.2) is 41.1 Å². The molecule has 2 aliphatic rings. The highest BCUT2D eigenvalue weighted by molar-refractivity contribution is 7.11. The molecule has 0 radical (unpaired) electrons. The number of nitrogens with zero attached hydrogens (tertiary/aromatic N) is 2. The van der Waals surface area contributed by atoms with Gasteiger partial charge in [-0.2, -0.15) is 5.10 Å². The number of allylic oxidation sites excluding steroid dienone is 1. The molecular weight excluding hydrogens is 350 g/mol. The molecule has 0 atom stereocenters. The second-order valence-electron chi connectivity index (χ2n) is 6.69. The zero-order valence-electron chi connectivity index (χ0n) is 13.5. The fourth-order valence-corrected chi connectivity index (χ4v) is 5.62. The van der Waals surface area contributed by atoms with Crippen molar-refractivity contribution >= 4 is 34.7 Å². The molecular formula is C19H17N3OS2. The summed E-state index contributed by atoms with van der Waals surface area (Å²) < 4.78 is 2.06. The van der Waals surface area contributed by atoms with Crippen molar-refractivity contribution in [3.05, 3.63) is 67.8 Å². The Balaban J connectivity index is 1.72. The van der Waals surface area contributed by atoms with Gasteiger partial charge in [0.05, 0.1) is 11.5 Å².